The Morgan fingerprint density at radius 1 is 0.848 bits per heavy atom. The van der Waals surface area contributed by atoms with Gasteiger partial charge < -0.3 is 18.9 Å². The molecule has 1 atom stereocenters. The molecule has 2 heterocycles. The van der Waals surface area contributed by atoms with Gasteiger partial charge in [-0.15, -0.1) is 0 Å². The number of nitrogens with zero attached hydrogens (tertiary/aromatic N) is 2. The summed E-state index contributed by atoms with van der Waals surface area (Å²) in [6, 6.07) is 34.5. The largest absolute Gasteiger partial charge is 0.493 e. The molecule has 0 saturated carbocycles. The second kappa shape index (κ2) is 14.1. The molecule has 6 rings (SSSR count). The highest BCUT2D eigenvalue weighted by Crippen LogP contribution is 2.29. The number of benzene rings is 4. The second-order valence-electron chi connectivity index (χ2n) is 11.5. The zero-order valence-electron chi connectivity index (χ0n) is 26.3. The molecule has 7 heteroatoms. The number of ether oxygens (including phenoxy) is 1. The van der Waals surface area contributed by atoms with Crippen LogP contribution < -0.4 is 10.1 Å². The van der Waals surface area contributed by atoms with E-state index >= 15 is 0 Å². The predicted octanol–water partition coefficient (Wildman–Crippen LogP) is 9.01. The first-order chi connectivity index (χ1) is 22.4. The number of hydrogen-bond donors (Lipinski definition) is 1. The van der Waals surface area contributed by atoms with Crippen LogP contribution in [0.3, 0.4) is 0 Å². The lowest BCUT2D eigenvalue weighted by Gasteiger charge is -2.19. The number of anilines is 1. The molecule has 6 aromatic rings. The minimum Gasteiger partial charge on any atom is -0.493 e. The Bertz CT molecular complexity index is 1880. The molecule has 0 bridgehead atoms. The molecule has 4 aromatic carbocycles. The summed E-state index contributed by atoms with van der Waals surface area (Å²) < 4.78 is 17.9. The van der Waals surface area contributed by atoms with Gasteiger partial charge in [0.15, 0.2) is 5.78 Å². The quantitative estimate of drug-likeness (QED) is 0.130. The monoisotopic (exact) mass is 611 g/mol. The summed E-state index contributed by atoms with van der Waals surface area (Å²) >= 11 is 0. The molecule has 0 fully saturated rings. The standard InChI is InChI=1S/C39H37N3O4/c1-26(2)36-25-45-39(42-36)35(40-34-17-11-10-16-32(34)37(43)29-12-6-4-7-13-29)24-28-18-20-31(21-19-28)44-23-22-33-27(3)46-38(41-33)30-14-8-5-9-15-30/h4-21,25-26,35,40H,22-24H2,1-3H3/t35-/m0/s1. The van der Waals surface area contributed by atoms with Crippen molar-refractivity contribution in [2.45, 2.75) is 45.6 Å². The first-order valence-electron chi connectivity index (χ1n) is 15.6. The maximum Gasteiger partial charge on any atom is 0.226 e. The molecular weight excluding hydrogens is 574 g/mol. The highest BCUT2D eigenvalue weighted by molar-refractivity contribution is 6.12. The van der Waals surface area contributed by atoms with Crippen molar-refractivity contribution in [2.24, 2.45) is 0 Å². The lowest BCUT2D eigenvalue weighted by Crippen LogP contribution is -2.17. The molecule has 0 spiro atoms. The van der Waals surface area contributed by atoms with Crippen LogP contribution in [0, 0.1) is 6.92 Å². The van der Waals surface area contributed by atoms with E-state index in [0.717, 1.165) is 39.7 Å². The minimum atomic E-state index is -0.307. The Labute approximate surface area is 269 Å². The summed E-state index contributed by atoms with van der Waals surface area (Å²) in [5.74, 6) is 2.96. The molecule has 0 aliphatic carbocycles. The normalized spacial score (nSPS) is 11.8. The number of ketones is 1. The van der Waals surface area contributed by atoms with Crippen LogP contribution in [0.1, 0.15) is 70.3 Å². The van der Waals surface area contributed by atoms with E-state index in [1.807, 2.05) is 116 Å². The van der Waals surface area contributed by atoms with Gasteiger partial charge in [0.25, 0.3) is 0 Å². The van der Waals surface area contributed by atoms with Gasteiger partial charge in [0.2, 0.25) is 11.8 Å². The number of oxazole rings is 2. The Kier molecular flexibility index (Phi) is 9.39. The van der Waals surface area contributed by atoms with Gasteiger partial charge in [-0.3, -0.25) is 4.79 Å². The Balaban J connectivity index is 1.15. The predicted molar refractivity (Wildman–Crippen MR) is 179 cm³/mol. The van der Waals surface area contributed by atoms with Gasteiger partial charge in [0.05, 0.1) is 18.0 Å². The van der Waals surface area contributed by atoms with Crippen molar-refractivity contribution >= 4 is 11.5 Å². The van der Waals surface area contributed by atoms with Crippen LogP contribution in [0.5, 0.6) is 5.75 Å². The Hall–Kier alpha value is -5.43. The fraction of sp³-hybridized carbons (Fsp3) is 0.205. The average Bonchev–Trinajstić information content (AvgIpc) is 3.74. The van der Waals surface area contributed by atoms with Crippen molar-refractivity contribution in [1.82, 2.24) is 9.97 Å². The van der Waals surface area contributed by atoms with Gasteiger partial charge in [0.1, 0.15) is 23.8 Å². The zero-order chi connectivity index (χ0) is 31.9. The van der Waals surface area contributed by atoms with Crippen LogP contribution in [0.4, 0.5) is 5.69 Å². The molecule has 0 amide bonds. The molecule has 0 aliphatic rings. The van der Waals surface area contributed by atoms with E-state index in [2.05, 4.69) is 24.1 Å². The van der Waals surface area contributed by atoms with Crippen molar-refractivity contribution in [3.63, 3.8) is 0 Å². The lowest BCUT2D eigenvalue weighted by molar-refractivity contribution is 0.103. The SMILES string of the molecule is Cc1oc(-c2ccccc2)nc1CCOc1ccc(C[C@H](Nc2ccccc2C(=O)c2ccccc2)c2nc(C(C)C)co2)cc1. The maximum atomic E-state index is 13.4. The van der Waals surface area contributed by atoms with Crippen LogP contribution >= 0.6 is 0 Å². The van der Waals surface area contributed by atoms with Gasteiger partial charge in [-0.25, -0.2) is 9.97 Å². The number of hydrogen-bond acceptors (Lipinski definition) is 7. The highest BCUT2D eigenvalue weighted by atomic mass is 16.5. The van der Waals surface area contributed by atoms with Crippen molar-refractivity contribution in [3.05, 3.63) is 155 Å². The summed E-state index contributed by atoms with van der Waals surface area (Å²) in [4.78, 5) is 22.9. The Morgan fingerprint density at radius 2 is 1.54 bits per heavy atom. The average molecular weight is 612 g/mol. The second-order valence-corrected chi connectivity index (χ2v) is 11.5. The third kappa shape index (κ3) is 7.26. The number of aromatic nitrogens is 2. The van der Waals surface area contributed by atoms with E-state index in [1.54, 1.807) is 6.26 Å². The smallest absolute Gasteiger partial charge is 0.226 e. The molecule has 0 unspecified atom stereocenters. The lowest BCUT2D eigenvalue weighted by atomic mass is 10.00. The molecular formula is C39H37N3O4. The molecule has 2 aromatic heterocycles. The van der Waals surface area contributed by atoms with E-state index in [1.165, 1.54) is 0 Å². The van der Waals surface area contributed by atoms with Gasteiger partial charge in [-0.1, -0.05) is 86.6 Å². The van der Waals surface area contributed by atoms with Crippen LogP contribution in [0.15, 0.2) is 124 Å². The maximum absolute atomic E-state index is 13.4. The third-order valence-corrected chi connectivity index (χ3v) is 7.85. The Morgan fingerprint density at radius 3 is 2.26 bits per heavy atom. The van der Waals surface area contributed by atoms with E-state index in [9.17, 15) is 4.79 Å². The molecule has 7 nitrogen and oxygen atoms in total. The van der Waals surface area contributed by atoms with E-state index in [0.29, 0.717) is 42.4 Å². The summed E-state index contributed by atoms with van der Waals surface area (Å²) in [5, 5.41) is 3.58. The first-order valence-corrected chi connectivity index (χ1v) is 15.6. The van der Waals surface area contributed by atoms with E-state index < -0.39 is 0 Å². The van der Waals surface area contributed by atoms with E-state index in [4.69, 9.17) is 18.6 Å². The van der Waals surface area contributed by atoms with Gasteiger partial charge >= 0.3 is 0 Å². The van der Waals surface area contributed by atoms with Gasteiger partial charge in [0, 0.05) is 35.2 Å². The van der Waals surface area contributed by atoms with Gasteiger partial charge in [-0.2, -0.15) is 0 Å². The highest BCUT2D eigenvalue weighted by Gasteiger charge is 2.22. The summed E-state index contributed by atoms with van der Waals surface area (Å²) in [6.45, 7) is 6.58. The molecule has 1 N–H and O–H groups in total. The van der Waals surface area contributed by atoms with Crippen molar-refractivity contribution in [1.29, 1.82) is 0 Å². The number of rotatable bonds is 13. The zero-order valence-corrected chi connectivity index (χ0v) is 26.3. The summed E-state index contributed by atoms with van der Waals surface area (Å²) in [7, 11) is 0. The fourth-order valence-electron chi connectivity index (χ4n) is 5.25. The van der Waals surface area contributed by atoms with Crippen LogP contribution in [0.2, 0.25) is 0 Å². The summed E-state index contributed by atoms with van der Waals surface area (Å²) in [5.41, 5.74) is 5.76. The minimum absolute atomic E-state index is 0.0451. The number of nitrogens with one attached hydrogen (secondary N) is 1. The van der Waals surface area contributed by atoms with Crippen LogP contribution in [-0.4, -0.2) is 22.4 Å². The molecule has 46 heavy (non-hydrogen) atoms. The molecule has 232 valence electrons. The number of carbonyl (C=O) groups excluding carboxylic acids is 1. The van der Waals surface area contributed by atoms with Gasteiger partial charge in [-0.05, 0) is 54.8 Å². The van der Waals surface area contributed by atoms with E-state index in [-0.39, 0.29) is 17.7 Å². The van der Waals surface area contributed by atoms with Crippen LogP contribution in [0.25, 0.3) is 11.5 Å². The summed E-state index contributed by atoms with van der Waals surface area (Å²) in [6.07, 6.45) is 2.94. The number of carbonyl (C=O) groups is 1. The van der Waals surface area contributed by atoms with Crippen LogP contribution in [-0.2, 0) is 12.8 Å². The third-order valence-electron chi connectivity index (χ3n) is 7.85. The van der Waals surface area contributed by atoms with Crippen molar-refractivity contribution < 1.29 is 18.4 Å². The first kappa shape index (κ1) is 30.6. The molecule has 0 aliphatic heterocycles. The topological polar surface area (TPSA) is 90.4 Å². The van der Waals surface area contributed by atoms with Crippen molar-refractivity contribution in [2.75, 3.05) is 11.9 Å². The molecule has 0 radical (unpaired) electrons. The fourth-order valence-corrected chi connectivity index (χ4v) is 5.25. The number of para-hydroxylation sites is 1. The number of aryl methyl sites for hydroxylation is 1. The molecule has 0 saturated heterocycles. The van der Waals surface area contributed by atoms with Crippen molar-refractivity contribution in [3.8, 4) is 17.2 Å².